The fourth-order valence-corrected chi connectivity index (χ4v) is 5.97. The maximum Gasteiger partial charge on any atom is 0.303 e. The van der Waals surface area contributed by atoms with Crippen molar-refractivity contribution in [1.29, 1.82) is 0 Å². The first-order valence-electron chi connectivity index (χ1n) is 11.7. The highest BCUT2D eigenvalue weighted by molar-refractivity contribution is 7.85. The molecule has 0 N–H and O–H groups in total. The van der Waals surface area contributed by atoms with Gasteiger partial charge in [0, 0.05) is 25.7 Å². The van der Waals surface area contributed by atoms with Crippen molar-refractivity contribution in [3.8, 4) is 0 Å². The molecule has 2 amide bonds. The second kappa shape index (κ2) is 11.2. The molecule has 0 aromatic heterocycles. The Kier molecular flexibility index (Phi) is 8.02. The van der Waals surface area contributed by atoms with Crippen LogP contribution in [0.3, 0.4) is 0 Å². The maximum atomic E-state index is 13.9. The molecule has 6 atom stereocenters. The van der Waals surface area contributed by atoms with Crippen molar-refractivity contribution in [1.82, 2.24) is 4.90 Å². The van der Waals surface area contributed by atoms with Crippen molar-refractivity contribution in [2.24, 2.45) is 0 Å². The maximum absolute atomic E-state index is 13.9. The van der Waals surface area contributed by atoms with Gasteiger partial charge in [-0.1, -0.05) is 30.3 Å². The van der Waals surface area contributed by atoms with Gasteiger partial charge in [0.05, 0.1) is 21.9 Å². The summed E-state index contributed by atoms with van der Waals surface area (Å²) in [5, 5.41) is 0. The molecule has 0 spiro atoms. The summed E-state index contributed by atoms with van der Waals surface area (Å²) >= 11 is 0. The summed E-state index contributed by atoms with van der Waals surface area (Å²) < 4.78 is 36.1. The van der Waals surface area contributed by atoms with Crippen molar-refractivity contribution < 1.29 is 47.1 Å². The van der Waals surface area contributed by atoms with Gasteiger partial charge in [0.25, 0.3) is 11.8 Å². The lowest BCUT2D eigenvalue weighted by Gasteiger charge is -2.47. The van der Waals surface area contributed by atoms with Crippen molar-refractivity contribution in [3.63, 3.8) is 0 Å². The highest BCUT2D eigenvalue weighted by atomic mass is 32.2. The Labute approximate surface area is 220 Å². The molecule has 0 saturated carbocycles. The summed E-state index contributed by atoms with van der Waals surface area (Å²) in [6.45, 7) is 2.93. The first-order chi connectivity index (χ1) is 18.1. The van der Waals surface area contributed by atoms with E-state index in [4.69, 9.17) is 18.9 Å². The van der Waals surface area contributed by atoms with Crippen LogP contribution in [0.4, 0.5) is 0 Å². The van der Waals surface area contributed by atoms with E-state index in [0.29, 0.717) is 4.90 Å². The number of hydrogen-bond donors (Lipinski definition) is 0. The predicted octanol–water partition coefficient (Wildman–Crippen LogP) is 1.61. The summed E-state index contributed by atoms with van der Waals surface area (Å²) in [5.74, 6) is -3.70. The number of hydrogen-bond acceptors (Lipinski definition) is 10. The minimum absolute atomic E-state index is 0.106. The molecule has 0 unspecified atom stereocenters. The van der Waals surface area contributed by atoms with Gasteiger partial charge in [-0.2, -0.15) is 0 Å². The summed E-state index contributed by atoms with van der Waals surface area (Å²) in [4.78, 5) is 64.0. The minimum atomic E-state index is -2.03. The summed E-state index contributed by atoms with van der Waals surface area (Å²) in [7, 11) is -2.03. The number of amides is 2. The van der Waals surface area contributed by atoms with Crippen LogP contribution >= 0.6 is 0 Å². The Hall–Kier alpha value is -3.90. The number of esters is 3. The number of carbonyl (C=O) groups excluding carboxylic acids is 5. The minimum Gasteiger partial charge on any atom is -0.463 e. The van der Waals surface area contributed by atoms with E-state index in [-0.39, 0.29) is 11.1 Å². The van der Waals surface area contributed by atoms with Gasteiger partial charge >= 0.3 is 17.9 Å². The van der Waals surface area contributed by atoms with Crippen LogP contribution in [0.5, 0.6) is 0 Å². The number of benzene rings is 2. The monoisotopic (exact) mass is 543 g/mol. The number of carbonyl (C=O) groups is 5. The average Bonchev–Trinajstić information content (AvgIpc) is 3.13. The molecule has 0 aliphatic carbocycles. The van der Waals surface area contributed by atoms with E-state index in [1.165, 1.54) is 12.1 Å². The fourth-order valence-electron chi connectivity index (χ4n) is 4.50. The third-order valence-corrected chi connectivity index (χ3v) is 7.53. The first-order valence-corrected chi connectivity index (χ1v) is 12.9. The van der Waals surface area contributed by atoms with E-state index in [1.54, 1.807) is 42.5 Å². The molecule has 200 valence electrons. The zero-order valence-corrected chi connectivity index (χ0v) is 21.5. The largest absolute Gasteiger partial charge is 0.463 e. The number of imide groups is 1. The second-order valence-electron chi connectivity index (χ2n) is 8.62. The van der Waals surface area contributed by atoms with E-state index >= 15 is 0 Å². The predicted molar refractivity (Wildman–Crippen MR) is 130 cm³/mol. The van der Waals surface area contributed by atoms with Crippen LogP contribution in [0.15, 0.2) is 59.5 Å². The normalized spacial score (nSPS) is 25.3. The lowest BCUT2D eigenvalue weighted by atomic mass is 9.96. The quantitative estimate of drug-likeness (QED) is 0.287. The molecule has 11 nitrogen and oxygen atoms in total. The molecule has 38 heavy (non-hydrogen) atoms. The van der Waals surface area contributed by atoms with Gasteiger partial charge in [0.1, 0.15) is 18.8 Å². The van der Waals surface area contributed by atoms with Crippen LogP contribution < -0.4 is 0 Å². The van der Waals surface area contributed by atoms with E-state index in [2.05, 4.69) is 0 Å². The number of rotatable bonds is 7. The molecular weight excluding hydrogens is 518 g/mol. The van der Waals surface area contributed by atoms with Crippen molar-refractivity contribution in [2.75, 3.05) is 6.61 Å². The van der Waals surface area contributed by atoms with Gasteiger partial charge in [0.2, 0.25) is 0 Å². The number of fused-ring (bicyclic) bond motifs is 1. The van der Waals surface area contributed by atoms with E-state index in [9.17, 15) is 28.2 Å². The van der Waals surface area contributed by atoms with Gasteiger partial charge in [0.15, 0.2) is 17.6 Å². The molecule has 0 radical (unpaired) electrons. The van der Waals surface area contributed by atoms with Crippen LogP contribution in [0.1, 0.15) is 41.5 Å². The Morgan fingerprint density at radius 2 is 1.34 bits per heavy atom. The molecule has 2 heterocycles. The van der Waals surface area contributed by atoms with Crippen LogP contribution in [0.25, 0.3) is 0 Å². The van der Waals surface area contributed by atoms with Gasteiger partial charge < -0.3 is 18.9 Å². The van der Waals surface area contributed by atoms with Gasteiger partial charge in [-0.25, -0.2) is 0 Å². The van der Waals surface area contributed by atoms with Crippen molar-refractivity contribution in [3.05, 3.63) is 65.7 Å². The molecule has 2 aliphatic heterocycles. The molecule has 2 aromatic carbocycles. The zero-order valence-electron chi connectivity index (χ0n) is 20.7. The van der Waals surface area contributed by atoms with Crippen LogP contribution in [-0.4, -0.2) is 75.2 Å². The van der Waals surface area contributed by atoms with Crippen LogP contribution in [0, 0.1) is 0 Å². The summed E-state index contributed by atoms with van der Waals surface area (Å²) in [5.41, 5.74) is -1.24. The topological polar surface area (TPSA) is 143 Å². The lowest BCUT2D eigenvalue weighted by molar-refractivity contribution is -0.217. The van der Waals surface area contributed by atoms with Crippen LogP contribution in [0.2, 0.25) is 0 Å². The highest BCUT2D eigenvalue weighted by Crippen LogP contribution is 2.37. The lowest BCUT2D eigenvalue weighted by Crippen LogP contribution is -2.67. The summed E-state index contributed by atoms with van der Waals surface area (Å²) in [6, 6.07) is 12.8. The SMILES string of the molecule is CC(=O)OC[C@H]1O[C@@H]([S@@](=O)c2ccccc2)[C@H](N2C(=O)c3ccccc3C2=O)[C@@H](OC(C)=O)[C@@H]1OC(C)=O. The average molecular weight is 544 g/mol. The molecule has 12 heteroatoms. The highest BCUT2D eigenvalue weighted by Gasteiger charge is 2.58. The molecule has 4 rings (SSSR count). The molecule has 0 bridgehead atoms. The first kappa shape index (κ1) is 27.1. The van der Waals surface area contributed by atoms with Crippen molar-refractivity contribution >= 4 is 40.5 Å². The van der Waals surface area contributed by atoms with Gasteiger partial charge in [-0.15, -0.1) is 0 Å². The molecule has 2 aromatic rings. The van der Waals surface area contributed by atoms with E-state index < -0.39 is 76.9 Å². The Morgan fingerprint density at radius 1 is 0.816 bits per heavy atom. The third-order valence-electron chi connectivity index (χ3n) is 5.98. The van der Waals surface area contributed by atoms with Crippen molar-refractivity contribution in [2.45, 2.75) is 55.5 Å². The molecular formula is C26H25NO10S. The van der Waals surface area contributed by atoms with Gasteiger partial charge in [-0.05, 0) is 24.3 Å². The smallest absolute Gasteiger partial charge is 0.303 e. The van der Waals surface area contributed by atoms with Gasteiger partial charge in [-0.3, -0.25) is 33.1 Å². The zero-order chi connectivity index (χ0) is 27.6. The van der Waals surface area contributed by atoms with Crippen LogP contribution in [-0.2, 0) is 44.1 Å². The number of nitrogens with zero attached hydrogens (tertiary/aromatic N) is 1. The van der Waals surface area contributed by atoms with E-state index in [1.807, 2.05) is 0 Å². The standard InChI is InChI=1S/C26H25NO10S/c1-14(28)34-13-20-22(35-15(2)29)23(36-16(3)30)21(26(37-20)38(33)17-9-5-4-6-10-17)27-24(31)18-11-7-8-12-19(18)25(27)32/h4-12,20-23,26H,13H2,1-3H3/t20-,21-,22-,23-,26+,38+/m1/s1. The third kappa shape index (κ3) is 5.36. The summed E-state index contributed by atoms with van der Waals surface area (Å²) in [6.07, 6.45) is -4.14. The molecule has 1 fully saturated rings. The number of ether oxygens (including phenoxy) is 4. The fraction of sp³-hybridized carbons (Fsp3) is 0.346. The Morgan fingerprint density at radius 3 is 1.87 bits per heavy atom. The molecule has 1 saturated heterocycles. The Balaban J connectivity index is 1.87. The Bertz CT molecular complexity index is 1260. The molecule has 2 aliphatic rings. The van der Waals surface area contributed by atoms with E-state index in [0.717, 1.165) is 25.7 Å². The second-order valence-corrected chi connectivity index (χ2v) is 10.2.